The van der Waals surface area contributed by atoms with Crippen molar-refractivity contribution in [1.82, 2.24) is 0 Å². The summed E-state index contributed by atoms with van der Waals surface area (Å²) in [6, 6.07) is 16.8. The van der Waals surface area contributed by atoms with Crippen LogP contribution in [0.25, 0.3) is 11.1 Å². The van der Waals surface area contributed by atoms with Gasteiger partial charge in [-0.25, -0.2) is 0 Å². The molecule has 0 fully saturated rings. The summed E-state index contributed by atoms with van der Waals surface area (Å²) in [5.74, 6) is -0.511. The van der Waals surface area contributed by atoms with Crippen molar-refractivity contribution >= 4 is 17.2 Å². The summed E-state index contributed by atoms with van der Waals surface area (Å²) in [4.78, 5) is 12.9. The monoisotopic (exact) mass is 356 g/mol. The van der Waals surface area contributed by atoms with Gasteiger partial charge in [0.2, 0.25) is 0 Å². The van der Waals surface area contributed by atoms with Gasteiger partial charge >= 0.3 is 6.18 Å². The second kappa shape index (κ2) is 6.55. The molecule has 3 aromatic carbocycles. The molecule has 6 heteroatoms. The van der Waals surface area contributed by atoms with Gasteiger partial charge in [-0.3, -0.25) is 4.79 Å². The lowest BCUT2D eigenvalue weighted by atomic mass is 9.93. The Morgan fingerprint density at radius 1 is 0.846 bits per heavy atom. The first kappa shape index (κ1) is 17.5. The molecule has 0 aliphatic carbocycles. The van der Waals surface area contributed by atoms with Crippen molar-refractivity contribution in [2.24, 2.45) is 0 Å². The Hall–Kier alpha value is -3.28. The minimum absolute atomic E-state index is 0.0746. The number of alkyl halides is 3. The number of nitrogen functional groups attached to an aromatic ring is 2. The van der Waals surface area contributed by atoms with Crippen LogP contribution in [0.3, 0.4) is 0 Å². The zero-order chi connectivity index (χ0) is 18.9. The highest BCUT2D eigenvalue weighted by molar-refractivity contribution is 6.13. The SMILES string of the molecule is Nc1ccc(-c2ccccc2C(=O)c2ccc(N)c(C(F)(F)F)c2)cc1. The Kier molecular flexibility index (Phi) is 4.42. The predicted molar refractivity (Wildman–Crippen MR) is 95.6 cm³/mol. The topological polar surface area (TPSA) is 69.1 Å². The summed E-state index contributed by atoms with van der Waals surface area (Å²) in [7, 11) is 0. The normalized spacial score (nSPS) is 11.3. The molecule has 132 valence electrons. The average Bonchev–Trinajstić information content (AvgIpc) is 2.61. The van der Waals surface area contributed by atoms with E-state index in [9.17, 15) is 18.0 Å². The molecular weight excluding hydrogens is 341 g/mol. The van der Waals surface area contributed by atoms with Gasteiger partial charge in [-0.2, -0.15) is 13.2 Å². The number of hydrogen-bond acceptors (Lipinski definition) is 3. The molecule has 0 aliphatic rings. The molecule has 4 N–H and O–H groups in total. The van der Waals surface area contributed by atoms with Gasteiger partial charge in [0, 0.05) is 22.5 Å². The molecule has 0 spiro atoms. The summed E-state index contributed by atoms with van der Waals surface area (Å²) in [6.45, 7) is 0. The summed E-state index contributed by atoms with van der Waals surface area (Å²) in [6.07, 6.45) is -4.63. The Morgan fingerprint density at radius 3 is 2.15 bits per heavy atom. The van der Waals surface area contributed by atoms with E-state index in [0.29, 0.717) is 16.8 Å². The van der Waals surface area contributed by atoms with Crippen molar-refractivity contribution in [3.05, 3.63) is 83.4 Å². The van der Waals surface area contributed by atoms with E-state index in [0.717, 1.165) is 17.7 Å². The maximum absolute atomic E-state index is 13.1. The lowest BCUT2D eigenvalue weighted by Gasteiger charge is -2.13. The highest BCUT2D eigenvalue weighted by Crippen LogP contribution is 2.35. The standard InChI is InChI=1S/C20H15F3N2O/c21-20(22,23)17-11-13(7-10-18(17)25)19(26)16-4-2-1-3-15(16)12-5-8-14(24)9-6-12/h1-11H,24-25H2. The second-order valence-corrected chi connectivity index (χ2v) is 5.80. The number of carbonyl (C=O) groups is 1. The molecule has 0 atom stereocenters. The van der Waals surface area contributed by atoms with Crippen LogP contribution in [0.4, 0.5) is 24.5 Å². The number of ketones is 1. The van der Waals surface area contributed by atoms with Crippen LogP contribution in [0, 0.1) is 0 Å². The largest absolute Gasteiger partial charge is 0.418 e. The molecule has 0 aromatic heterocycles. The Bertz CT molecular complexity index is 964. The molecule has 0 amide bonds. The number of rotatable bonds is 3. The van der Waals surface area contributed by atoms with Gasteiger partial charge in [-0.1, -0.05) is 36.4 Å². The number of anilines is 2. The van der Waals surface area contributed by atoms with E-state index < -0.39 is 23.2 Å². The van der Waals surface area contributed by atoms with Gasteiger partial charge in [-0.05, 0) is 41.5 Å². The number of benzene rings is 3. The van der Waals surface area contributed by atoms with Gasteiger partial charge < -0.3 is 11.5 Å². The fourth-order valence-corrected chi connectivity index (χ4v) is 2.69. The second-order valence-electron chi connectivity index (χ2n) is 5.80. The summed E-state index contributed by atoms with van der Waals surface area (Å²) >= 11 is 0. The van der Waals surface area contributed by atoms with Crippen molar-refractivity contribution in [2.45, 2.75) is 6.18 Å². The van der Waals surface area contributed by atoms with Crippen LogP contribution < -0.4 is 11.5 Å². The average molecular weight is 356 g/mol. The summed E-state index contributed by atoms with van der Waals surface area (Å²) in [5, 5.41) is 0. The van der Waals surface area contributed by atoms with E-state index in [2.05, 4.69) is 0 Å². The minimum Gasteiger partial charge on any atom is -0.399 e. The molecule has 0 unspecified atom stereocenters. The third-order valence-electron chi connectivity index (χ3n) is 4.01. The first-order valence-corrected chi connectivity index (χ1v) is 7.74. The van der Waals surface area contributed by atoms with Gasteiger partial charge in [0.25, 0.3) is 0 Å². The predicted octanol–water partition coefficient (Wildman–Crippen LogP) is 4.77. The molecule has 3 aromatic rings. The highest BCUT2D eigenvalue weighted by atomic mass is 19.4. The molecule has 0 radical (unpaired) electrons. The van der Waals surface area contributed by atoms with Crippen LogP contribution in [-0.4, -0.2) is 5.78 Å². The number of nitrogens with two attached hydrogens (primary N) is 2. The van der Waals surface area contributed by atoms with Gasteiger partial charge in [0.15, 0.2) is 5.78 Å². The zero-order valence-corrected chi connectivity index (χ0v) is 13.5. The lowest BCUT2D eigenvalue weighted by Crippen LogP contribution is -2.12. The molecule has 0 bridgehead atoms. The third kappa shape index (κ3) is 3.39. The molecule has 0 aliphatic heterocycles. The van der Waals surface area contributed by atoms with Crippen molar-refractivity contribution in [3.8, 4) is 11.1 Å². The maximum atomic E-state index is 13.1. The lowest BCUT2D eigenvalue weighted by molar-refractivity contribution is -0.136. The third-order valence-corrected chi connectivity index (χ3v) is 4.01. The molecule has 3 rings (SSSR count). The van der Waals surface area contributed by atoms with Crippen LogP contribution in [-0.2, 0) is 6.18 Å². The van der Waals surface area contributed by atoms with Crippen LogP contribution in [0.2, 0.25) is 0 Å². The molecule has 0 saturated heterocycles. The van der Waals surface area contributed by atoms with E-state index in [1.807, 2.05) is 0 Å². The molecule has 0 heterocycles. The maximum Gasteiger partial charge on any atom is 0.418 e. The minimum atomic E-state index is -4.63. The van der Waals surface area contributed by atoms with E-state index in [-0.39, 0.29) is 5.56 Å². The van der Waals surface area contributed by atoms with Crippen LogP contribution in [0.5, 0.6) is 0 Å². The van der Waals surface area contributed by atoms with Crippen molar-refractivity contribution < 1.29 is 18.0 Å². The van der Waals surface area contributed by atoms with Crippen molar-refractivity contribution in [3.63, 3.8) is 0 Å². The van der Waals surface area contributed by atoms with E-state index in [4.69, 9.17) is 11.5 Å². The molecule has 0 saturated carbocycles. The Morgan fingerprint density at radius 2 is 1.50 bits per heavy atom. The Labute approximate surface area is 148 Å². The van der Waals surface area contributed by atoms with E-state index >= 15 is 0 Å². The van der Waals surface area contributed by atoms with E-state index in [1.54, 1.807) is 48.5 Å². The fraction of sp³-hybridized carbons (Fsp3) is 0.0500. The van der Waals surface area contributed by atoms with Gasteiger partial charge in [-0.15, -0.1) is 0 Å². The highest BCUT2D eigenvalue weighted by Gasteiger charge is 2.33. The summed E-state index contributed by atoms with van der Waals surface area (Å²) in [5.41, 5.74) is 11.8. The van der Waals surface area contributed by atoms with Gasteiger partial charge in [0.1, 0.15) is 0 Å². The molecular formula is C20H15F3N2O. The van der Waals surface area contributed by atoms with Crippen LogP contribution >= 0.6 is 0 Å². The fourth-order valence-electron chi connectivity index (χ4n) is 2.69. The van der Waals surface area contributed by atoms with Crippen molar-refractivity contribution in [2.75, 3.05) is 11.5 Å². The smallest absolute Gasteiger partial charge is 0.399 e. The number of halogens is 3. The quantitative estimate of drug-likeness (QED) is 0.525. The number of carbonyl (C=O) groups excluding carboxylic acids is 1. The van der Waals surface area contributed by atoms with Crippen LogP contribution in [0.15, 0.2) is 66.7 Å². The Balaban J connectivity index is 2.08. The first-order chi connectivity index (χ1) is 12.3. The van der Waals surface area contributed by atoms with Gasteiger partial charge in [0.05, 0.1) is 5.56 Å². The number of hydrogen-bond donors (Lipinski definition) is 2. The first-order valence-electron chi connectivity index (χ1n) is 7.74. The van der Waals surface area contributed by atoms with E-state index in [1.165, 1.54) is 6.07 Å². The zero-order valence-electron chi connectivity index (χ0n) is 13.5. The van der Waals surface area contributed by atoms with Crippen molar-refractivity contribution in [1.29, 1.82) is 0 Å². The summed E-state index contributed by atoms with van der Waals surface area (Å²) < 4.78 is 39.2. The molecule has 3 nitrogen and oxygen atoms in total. The van der Waals surface area contributed by atoms with Crippen LogP contribution in [0.1, 0.15) is 21.5 Å². The molecule has 26 heavy (non-hydrogen) atoms.